The standard InChI is InChI=1S/C29H26ClNO5/c1-17(2)13-14-35-20-8-6-7-18(15-20)26-25-27(32)21-9-4-5-10-23(21)36-28(25)29(33)31(26)19-11-12-24(34-3)22(30)16-19/h4-12,15-17,26H,13-14H2,1-3H3. The van der Waals surface area contributed by atoms with Gasteiger partial charge in [-0.3, -0.25) is 14.5 Å². The van der Waals surface area contributed by atoms with Crippen molar-refractivity contribution in [1.29, 1.82) is 0 Å². The number of rotatable bonds is 7. The second-order valence-corrected chi connectivity index (χ2v) is 9.58. The second-order valence-electron chi connectivity index (χ2n) is 9.17. The molecule has 1 unspecified atom stereocenters. The maximum Gasteiger partial charge on any atom is 0.295 e. The Morgan fingerprint density at radius 2 is 1.83 bits per heavy atom. The first-order valence-electron chi connectivity index (χ1n) is 11.8. The van der Waals surface area contributed by atoms with Gasteiger partial charge < -0.3 is 13.9 Å². The Bertz CT molecular complexity index is 1510. The summed E-state index contributed by atoms with van der Waals surface area (Å²) < 4.78 is 17.3. The zero-order chi connectivity index (χ0) is 25.4. The van der Waals surface area contributed by atoms with Crippen LogP contribution in [0.4, 0.5) is 5.69 Å². The Morgan fingerprint density at radius 1 is 1.03 bits per heavy atom. The van der Waals surface area contributed by atoms with Gasteiger partial charge in [-0.1, -0.05) is 49.7 Å². The molecule has 36 heavy (non-hydrogen) atoms. The molecule has 0 N–H and O–H groups in total. The number of benzene rings is 3. The minimum absolute atomic E-state index is 0.0294. The zero-order valence-electron chi connectivity index (χ0n) is 20.3. The molecule has 0 saturated heterocycles. The van der Waals surface area contributed by atoms with Crippen molar-refractivity contribution in [2.45, 2.75) is 26.3 Å². The first-order chi connectivity index (χ1) is 17.4. The Kier molecular flexibility index (Phi) is 6.46. The summed E-state index contributed by atoms with van der Waals surface area (Å²) >= 11 is 6.42. The lowest BCUT2D eigenvalue weighted by Gasteiger charge is -2.26. The number of nitrogens with zero attached hydrogens (tertiary/aromatic N) is 1. The number of carbonyl (C=O) groups excluding carboxylic acids is 1. The maximum atomic E-state index is 13.8. The number of anilines is 1. The van der Waals surface area contributed by atoms with Crippen molar-refractivity contribution in [3.8, 4) is 11.5 Å². The van der Waals surface area contributed by atoms with E-state index < -0.39 is 11.9 Å². The van der Waals surface area contributed by atoms with Crippen LogP contribution < -0.4 is 19.8 Å². The van der Waals surface area contributed by atoms with Gasteiger partial charge in [0.25, 0.3) is 5.91 Å². The number of halogens is 1. The quantitative estimate of drug-likeness (QED) is 0.283. The number of ether oxygens (including phenoxy) is 2. The third kappa shape index (κ3) is 4.22. The third-order valence-electron chi connectivity index (χ3n) is 6.33. The fraction of sp³-hybridized carbons (Fsp3) is 0.241. The van der Waals surface area contributed by atoms with Crippen LogP contribution in [0.2, 0.25) is 5.02 Å². The number of hydrogen-bond donors (Lipinski definition) is 0. The van der Waals surface area contributed by atoms with Crippen LogP contribution in [-0.4, -0.2) is 19.6 Å². The number of para-hydroxylation sites is 1. The molecule has 0 fully saturated rings. The van der Waals surface area contributed by atoms with E-state index in [1.165, 1.54) is 7.11 Å². The molecule has 5 rings (SSSR count). The Labute approximate surface area is 214 Å². The van der Waals surface area contributed by atoms with Crippen molar-refractivity contribution in [3.05, 3.63) is 98.9 Å². The van der Waals surface area contributed by atoms with Crippen LogP contribution in [0.1, 0.15) is 48.0 Å². The van der Waals surface area contributed by atoms with E-state index in [0.29, 0.717) is 51.3 Å². The summed E-state index contributed by atoms with van der Waals surface area (Å²) in [5.74, 6) is 1.29. The number of hydrogen-bond acceptors (Lipinski definition) is 5. The zero-order valence-corrected chi connectivity index (χ0v) is 21.0. The molecule has 4 aromatic rings. The molecule has 1 atom stereocenters. The fourth-order valence-electron chi connectivity index (χ4n) is 4.49. The minimum atomic E-state index is -0.716. The molecule has 0 aliphatic carbocycles. The van der Waals surface area contributed by atoms with E-state index in [9.17, 15) is 9.59 Å². The van der Waals surface area contributed by atoms with Gasteiger partial charge in [-0.2, -0.15) is 0 Å². The summed E-state index contributed by atoms with van der Waals surface area (Å²) in [6.07, 6.45) is 0.918. The highest BCUT2D eigenvalue weighted by molar-refractivity contribution is 6.32. The Morgan fingerprint density at radius 3 is 2.58 bits per heavy atom. The van der Waals surface area contributed by atoms with Crippen molar-refractivity contribution < 1.29 is 18.7 Å². The summed E-state index contributed by atoms with van der Waals surface area (Å²) in [4.78, 5) is 29.0. The highest BCUT2D eigenvalue weighted by Crippen LogP contribution is 2.43. The number of carbonyl (C=O) groups is 1. The monoisotopic (exact) mass is 503 g/mol. The molecular formula is C29H26ClNO5. The Balaban J connectivity index is 1.68. The smallest absolute Gasteiger partial charge is 0.295 e. The molecule has 7 heteroatoms. The summed E-state index contributed by atoms with van der Waals surface area (Å²) in [5.41, 5.74) is 1.69. The predicted molar refractivity (Wildman–Crippen MR) is 141 cm³/mol. The lowest BCUT2D eigenvalue weighted by Crippen LogP contribution is -2.29. The molecule has 0 saturated carbocycles. The van der Waals surface area contributed by atoms with Gasteiger partial charge in [0.05, 0.1) is 35.7 Å². The minimum Gasteiger partial charge on any atom is -0.495 e. The van der Waals surface area contributed by atoms with Gasteiger partial charge in [-0.25, -0.2) is 0 Å². The van der Waals surface area contributed by atoms with Crippen molar-refractivity contribution in [1.82, 2.24) is 0 Å². The van der Waals surface area contributed by atoms with Crippen LogP contribution in [0.3, 0.4) is 0 Å². The molecule has 0 radical (unpaired) electrons. The van der Waals surface area contributed by atoms with E-state index in [1.54, 1.807) is 47.4 Å². The van der Waals surface area contributed by atoms with Gasteiger partial charge in [0.1, 0.15) is 17.1 Å². The van der Waals surface area contributed by atoms with E-state index in [-0.39, 0.29) is 11.2 Å². The second kappa shape index (κ2) is 9.70. The van der Waals surface area contributed by atoms with Crippen LogP contribution in [0, 0.1) is 5.92 Å². The van der Waals surface area contributed by atoms with E-state index >= 15 is 0 Å². The third-order valence-corrected chi connectivity index (χ3v) is 6.62. The van der Waals surface area contributed by atoms with Crippen LogP contribution in [-0.2, 0) is 0 Å². The maximum absolute atomic E-state index is 13.8. The van der Waals surface area contributed by atoms with Crippen LogP contribution in [0.15, 0.2) is 75.9 Å². The van der Waals surface area contributed by atoms with Gasteiger partial charge >= 0.3 is 0 Å². The molecule has 1 aliphatic rings. The molecule has 0 bridgehead atoms. The summed E-state index contributed by atoms with van der Waals surface area (Å²) in [5, 5.41) is 0.778. The Hall–Kier alpha value is -3.77. The normalized spacial score (nSPS) is 15.0. The van der Waals surface area contributed by atoms with Crippen molar-refractivity contribution in [3.63, 3.8) is 0 Å². The van der Waals surface area contributed by atoms with Gasteiger partial charge in [-0.15, -0.1) is 0 Å². The fourth-order valence-corrected chi connectivity index (χ4v) is 4.75. The topological polar surface area (TPSA) is 69.0 Å². The van der Waals surface area contributed by atoms with Gasteiger partial charge in [0.2, 0.25) is 5.76 Å². The number of fused-ring (bicyclic) bond motifs is 2. The van der Waals surface area contributed by atoms with Crippen molar-refractivity contribution in [2.75, 3.05) is 18.6 Å². The van der Waals surface area contributed by atoms with E-state index in [1.807, 2.05) is 24.3 Å². The van der Waals surface area contributed by atoms with Gasteiger partial charge in [-0.05, 0) is 60.4 Å². The largest absolute Gasteiger partial charge is 0.495 e. The highest BCUT2D eigenvalue weighted by atomic mass is 35.5. The van der Waals surface area contributed by atoms with Crippen molar-refractivity contribution >= 4 is 34.2 Å². The predicted octanol–water partition coefficient (Wildman–Crippen LogP) is 6.63. The molecule has 1 amide bonds. The summed E-state index contributed by atoms with van der Waals surface area (Å²) in [7, 11) is 1.53. The van der Waals surface area contributed by atoms with Crippen LogP contribution in [0.25, 0.3) is 11.0 Å². The molecule has 3 aromatic carbocycles. The molecule has 1 aliphatic heterocycles. The average Bonchev–Trinajstić information content (AvgIpc) is 3.16. The number of methoxy groups -OCH3 is 1. The van der Waals surface area contributed by atoms with Crippen LogP contribution in [0.5, 0.6) is 11.5 Å². The van der Waals surface area contributed by atoms with E-state index in [0.717, 1.165) is 12.0 Å². The summed E-state index contributed by atoms with van der Waals surface area (Å²) in [6.45, 7) is 4.86. The molecule has 6 nitrogen and oxygen atoms in total. The lowest BCUT2D eigenvalue weighted by molar-refractivity contribution is 0.0971. The molecule has 184 valence electrons. The molecule has 1 aromatic heterocycles. The highest BCUT2D eigenvalue weighted by Gasteiger charge is 2.44. The number of amides is 1. The molecule has 0 spiro atoms. The lowest BCUT2D eigenvalue weighted by atomic mass is 9.98. The molecule has 2 heterocycles. The first kappa shape index (κ1) is 23.9. The first-order valence-corrected chi connectivity index (χ1v) is 12.2. The molecular weight excluding hydrogens is 478 g/mol. The van der Waals surface area contributed by atoms with Gasteiger partial charge in [0.15, 0.2) is 5.43 Å². The van der Waals surface area contributed by atoms with Crippen LogP contribution >= 0.6 is 11.6 Å². The average molecular weight is 504 g/mol. The van der Waals surface area contributed by atoms with E-state index in [2.05, 4.69) is 13.8 Å². The van der Waals surface area contributed by atoms with E-state index in [4.69, 9.17) is 25.5 Å². The SMILES string of the molecule is COc1ccc(N2C(=O)c3oc4ccccc4c(=O)c3C2c2cccc(OCCC(C)C)c2)cc1Cl. The van der Waals surface area contributed by atoms with Gasteiger partial charge in [0, 0.05) is 5.69 Å². The summed E-state index contributed by atoms with van der Waals surface area (Å²) in [6, 6.07) is 18.8. The van der Waals surface area contributed by atoms with Crippen molar-refractivity contribution in [2.24, 2.45) is 5.92 Å².